The lowest BCUT2D eigenvalue weighted by molar-refractivity contribution is -0.150. The van der Waals surface area contributed by atoms with Gasteiger partial charge >= 0.3 is 5.97 Å². The molecule has 0 aromatic rings. The van der Waals surface area contributed by atoms with Gasteiger partial charge in [0.25, 0.3) is 0 Å². The van der Waals surface area contributed by atoms with Gasteiger partial charge in [0.15, 0.2) is 6.10 Å². The van der Waals surface area contributed by atoms with Crippen LogP contribution in [0.5, 0.6) is 0 Å². The number of ketones is 1. The summed E-state index contributed by atoms with van der Waals surface area (Å²) in [5.74, 6) is -0.401. The van der Waals surface area contributed by atoms with Gasteiger partial charge in [-0.25, -0.2) is 0 Å². The van der Waals surface area contributed by atoms with Crippen molar-refractivity contribution in [3.05, 3.63) is 11.3 Å². The van der Waals surface area contributed by atoms with E-state index in [1.807, 2.05) is 0 Å². The maximum atomic E-state index is 12.3. The van der Waals surface area contributed by atoms with Crippen LogP contribution >= 0.6 is 0 Å². The number of likely N-dealkylation sites (tertiary alicyclic amines) is 1. The lowest BCUT2D eigenvalue weighted by Gasteiger charge is -2.21. The Kier molecular flexibility index (Phi) is 4.04. The number of carbonyl (C=O) groups excluding carboxylic acids is 2. The SMILES string of the molecule is CC(=O)OC(C)C(=O)C1=C(N2CCCC2)CCC1. The molecule has 0 N–H and O–H groups in total. The van der Waals surface area contributed by atoms with Crippen LogP contribution < -0.4 is 0 Å². The highest BCUT2D eigenvalue weighted by Gasteiger charge is 2.29. The highest BCUT2D eigenvalue weighted by Crippen LogP contribution is 2.32. The van der Waals surface area contributed by atoms with Crippen molar-refractivity contribution in [1.29, 1.82) is 0 Å². The Labute approximate surface area is 108 Å². The van der Waals surface area contributed by atoms with E-state index < -0.39 is 12.1 Å². The van der Waals surface area contributed by atoms with E-state index in [-0.39, 0.29) is 5.78 Å². The fraction of sp³-hybridized carbons (Fsp3) is 0.714. The van der Waals surface area contributed by atoms with Crippen molar-refractivity contribution >= 4 is 11.8 Å². The van der Waals surface area contributed by atoms with Gasteiger partial charge in [-0.1, -0.05) is 0 Å². The molecule has 100 valence electrons. The minimum absolute atomic E-state index is 0.00963. The standard InChI is InChI=1S/C14H21NO3/c1-10(18-11(2)16)14(17)12-6-5-7-13(12)15-8-3-4-9-15/h10H,3-9H2,1-2H3. The predicted octanol–water partition coefficient (Wildman–Crippen LogP) is 2.04. The minimum atomic E-state index is -0.645. The second-order valence-electron chi connectivity index (χ2n) is 5.09. The first-order valence-electron chi connectivity index (χ1n) is 6.78. The molecule has 1 atom stereocenters. The maximum Gasteiger partial charge on any atom is 0.303 e. The lowest BCUT2D eigenvalue weighted by atomic mass is 10.1. The van der Waals surface area contributed by atoms with E-state index in [2.05, 4.69) is 4.90 Å². The number of rotatable bonds is 4. The molecule has 4 heteroatoms. The number of hydrogen-bond acceptors (Lipinski definition) is 4. The first-order valence-corrected chi connectivity index (χ1v) is 6.78. The molecule has 0 aromatic carbocycles. The average molecular weight is 251 g/mol. The first-order chi connectivity index (χ1) is 8.59. The lowest BCUT2D eigenvalue weighted by Crippen LogP contribution is -2.27. The van der Waals surface area contributed by atoms with E-state index in [1.165, 1.54) is 25.5 Å². The van der Waals surface area contributed by atoms with E-state index in [0.717, 1.165) is 37.9 Å². The van der Waals surface area contributed by atoms with Gasteiger partial charge in [0, 0.05) is 31.3 Å². The molecular weight excluding hydrogens is 230 g/mol. The summed E-state index contributed by atoms with van der Waals surface area (Å²) in [7, 11) is 0. The molecule has 2 rings (SSSR count). The third-order valence-electron chi connectivity index (χ3n) is 3.69. The van der Waals surface area contributed by atoms with Crippen LogP contribution in [0.25, 0.3) is 0 Å². The Hall–Kier alpha value is -1.32. The summed E-state index contributed by atoms with van der Waals surface area (Å²) >= 11 is 0. The fourth-order valence-electron chi connectivity index (χ4n) is 2.88. The summed E-state index contributed by atoms with van der Waals surface area (Å²) in [6.45, 7) is 5.13. The summed E-state index contributed by atoms with van der Waals surface area (Å²) in [4.78, 5) is 25.5. The largest absolute Gasteiger partial charge is 0.454 e. The summed E-state index contributed by atoms with van der Waals surface area (Å²) in [5.41, 5.74) is 2.10. The van der Waals surface area contributed by atoms with Gasteiger partial charge in [0.05, 0.1) is 0 Å². The monoisotopic (exact) mass is 251 g/mol. The van der Waals surface area contributed by atoms with Crippen LogP contribution in [0.4, 0.5) is 0 Å². The zero-order chi connectivity index (χ0) is 13.1. The van der Waals surface area contributed by atoms with E-state index in [9.17, 15) is 9.59 Å². The third kappa shape index (κ3) is 2.74. The van der Waals surface area contributed by atoms with Crippen LogP contribution in [0.15, 0.2) is 11.3 Å². The number of ether oxygens (including phenoxy) is 1. The number of carbonyl (C=O) groups is 2. The molecule has 1 fully saturated rings. The molecule has 4 nitrogen and oxygen atoms in total. The molecule has 2 aliphatic rings. The molecule has 1 unspecified atom stereocenters. The van der Waals surface area contributed by atoms with Gasteiger partial charge in [-0.05, 0) is 39.0 Å². The number of esters is 1. The Morgan fingerprint density at radius 1 is 1.17 bits per heavy atom. The van der Waals surface area contributed by atoms with Crippen molar-refractivity contribution in [2.45, 2.75) is 52.1 Å². The van der Waals surface area contributed by atoms with Crippen molar-refractivity contribution in [3.8, 4) is 0 Å². The molecule has 1 aliphatic carbocycles. The smallest absolute Gasteiger partial charge is 0.303 e. The van der Waals surface area contributed by atoms with Gasteiger partial charge in [-0.2, -0.15) is 0 Å². The van der Waals surface area contributed by atoms with E-state index >= 15 is 0 Å². The molecule has 0 amide bonds. The van der Waals surface area contributed by atoms with E-state index in [1.54, 1.807) is 6.92 Å². The quantitative estimate of drug-likeness (QED) is 0.717. The number of Topliss-reactive ketones (excluding diaryl/α,β-unsaturated/α-hetero) is 1. The second-order valence-corrected chi connectivity index (χ2v) is 5.09. The molecule has 18 heavy (non-hydrogen) atoms. The number of nitrogens with zero attached hydrogens (tertiary/aromatic N) is 1. The molecule has 1 heterocycles. The Bertz CT molecular complexity index is 381. The molecule has 0 bridgehead atoms. The van der Waals surface area contributed by atoms with Crippen LogP contribution in [-0.2, 0) is 14.3 Å². The van der Waals surface area contributed by atoms with Gasteiger partial charge in [-0.3, -0.25) is 9.59 Å². The molecule has 0 aromatic heterocycles. The molecule has 1 saturated heterocycles. The summed E-state index contributed by atoms with van der Waals surface area (Å²) in [6.07, 6.45) is 4.65. The molecule has 0 radical (unpaired) electrons. The molecule has 1 aliphatic heterocycles. The van der Waals surface area contributed by atoms with Crippen LogP contribution in [0.1, 0.15) is 46.0 Å². The summed E-state index contributed by atoms with van der Waals surface area (Å²) in [5, 5.41) is 0. The van der Waals surface area contributed by atoms with Crippen LogP contribution in [0, 0.1) is 0 Å². The third-order valence-corrected chi connectivity index (χ3v) is 3.69. The second kappa shape index (κ2) is 5.55. The molecule has 0 spiro atoms. The highest BCUT2D eigenvalue weighted by atomic mass is 16.5. The molecule has 0 saturated carbocycles. The summed E-state index contributed by atoms with van der Waals surface area (Å²) < 4.78 is 4.99. The van der Waals surface area contributed by atoms with Crippen LogP contribution in [0.3, 0.4) is 0 Å². The van der Waals surface area contributed by atoms with Gasteiger partial charge < -0.3 is 9.64 Å². The average Bonchev–Trinajstić information content (AvgIpc) is 2.97. The van der Waals surface area contributed by atoms with Crippen molar-refractivity contribution < 1.29 is 14.3 Å². The van der Waals surface area contributed by atoms with E-state index in [0.29, 0.717) is 0 Å². The number of allylic oxidation sites excluding steroid dienone is 1. The Morgan fingerprint density at radius 2 is 1.83 bits per heavy atom. The minimum Gasteiger partial charge on any atom is -0.454 e. The zero-order valence-electron chi connectivity index (χ0n) is 11.2. The predicted molar refractivity (Wildman–Crippen MR) is 67.9 cm³/mol. The van der Waals surface area contributed by atoms with Crippen molar-refractivity contribution in [1.82, 2.24) is 4.90 Å². The fourth-order valence-corrected chi connectivity index (χ4v) is 2.88. The first kappa shape index (κ1) is 13.1. The van der Waals surface area contributed by atoms with Crippen LogP contribution in [-0.4, -0.2) is 35.8 Å². The van der Waals surface area contributed by atoms with Crippen molar-refractivity contribution in [3.63, 3.8) is 0 Å². The van der Waals surface area contributed by atoms with Gasteiger partial charge in [-0.15, -0.1) is 0 Å². The number of hydrogen-bond donors (Lipinski definition) is 0. The highest BCUT2D eigenvalue weighted by molar-refractivity contribution is 6.00. The zero-order valence-corrected chi connectivity index (χ0v) is 11.2. The van der Waals surface area contributed by atoms with Gasteiger partial charge in [0.1, 0.15) is 0 Å². The molecular formula is C14H21NO3. The van der Waals surface area contributed by atoms with Crippen LogP contribution in [0.2, 0.25) is 0 Å². The van der Waals surface area contributed by atoms with Gasteiger partial charge in [0.2, 0.25) is 5.78 Å². The normalized spacial score (nSPS) is 21.3. The van der Waals surface area contributed by atoms with Crippen molar-refractivity contribution in [2.75, 3.05) is 13.1 Å². The van der Waals surface area contributed by atoms with E-state index in [4.69, 9.17) is 4.74 Å². The summed E-state index contributed by atoms with van der Waals surface area (Å²) in [6, 6.07) is 0. The maximum absolute atomic E-state index is 12.3. The van der Waals surface area contributed by atoms with Crippen molar-refractivity contribution in [2.24, 2.45) is 0 Å². The Balaban J connectivity index is 2.11. The Morgan fingerprint density at radius 3 is 2.44 bits per heavy atom. The topological polar surface area (TPSA) is 46.6 Å².